The van der Waals surface area contributed by atoms with Crippen LogP contribution in [0.25, 0.3) is 0 Å². The fraction of sp³-hybridized carbons (Fsp3) is 0.684. The number of hydrogen-bond donors (Lipinski definition) is 1. The molecular weight excluding hydrogens is 288 g/mol. The highest BCUT2D eigenvalue weighted by Gasteiger charge is 2.23. The van der Waals surface area contributed by atoms with Crippen LogP contribution in [0.1, 0.15) is 31.7 Å². The minimum atomic E-state index is -0.450. The second kappa shape index (κ2) is 9.26. The predicted molar refractivity (Wildman–Crippen MR) is 95.1 cm³/mol. The first-order valence-electron chi connectivity index (χ1n) is 8.88. The van der Waals surface area contributed by atoms with Gasteiger partial charge in [-0.15, -0.1) is 0 Å². The van der Waals surface area contributed by atoms with E-state index in [2.05, 4.69) is 23.8 Å². The Bertz CT molecular complexity index is 458. The second-order valence-corrected chi connectivity index (χ2v) is 6.79. The molecule has 1 aromatic rings. The van der Waals surface area contributed by atoms with Gasteiger partial charge in [0.2, 0.25) is 0 Å². The molecule has 130 valence electrons. The summed E-state index contributed by atoms with van der Waals surface area (Å²) < 4.78 is 5.70. The van der Waals surface area contributed by atoms with E-state index in [1.54, 1.807) is 0 Å². The molecule has 1 atom stereocenters. The summed E-state index contributed by atoms with van der Waals surface area (Å²) in [5, 5.41) is 10.2. The fourth-order valence-corrected chi connectivity index (χ4v) is 3.33. The molecule has 1 N–H and O–H groups in total. The van der Waals surface area contributed by atoms with Gasteiger partial charge in [0.1, 0.15) is 18.5 Å². The third kappa shape index (κ3) is 6.13. The Kier molecular flexibility index (Phi) is 7.34. The highest BCUT2D eigenvalue weighted by molar-refractivity contribution is 5.27. The quantitative estimate of drug-likeness (QED) is 0.798. The van der Waals surface area contributed by atoms with Crippen molar-refractivity contribution in [2.24, 2.45) is 0 Å². The average molecular weight is 320 g/mol. The Balaban J connectivity index is 1.69. The van der Waals surface area contributed by atoms with Crippen molar-refractivity contribution in [3.8, 4) is 5.75 Å². The summed E-state index contributed by atoms with van der Waals surface area (Å²) in [6.45, 7) is 8.87. The maximum absolute atomic E-state index is 10.2. The third-order valence-electron chi connectivity index (χ3n) is 4.65. The highest BCUT2D eigenvalue weighted by Crippen LogP contribution is 2.16. The van der Waals surface area contributed by atoms with Gasteiger partial charge in [-0.2, -0.15) is 0 Å². The lowest BCUT2D eigenvalue weighted by Gasteiger charge is -2.37. The van der Waals surface area contributed by atoms with E-state index in [1.807, 2.05) is 31.2 Å². The summed E-state index contributed by atoms with van der Waals surface area (Å²) in [6.07, 6.45) is 3.17. The van der Waals surface area contributed by atoms with E-state index in [9.17, 15) is 5.11 Å². The van der Waals surface area contributed by atoms with Gasteiger partial charge in [-0.05, 0) is 70.6 Å². The first kappa shape index (κ1) is 18.2. The zero-order valence-electron chi connectivity index (χ0n) is 14.9. The van der Waals surface area contributed by atoms with Gasteiger partial charge in [-0.3, -0.25) is 0 Å². The molecule has 4 heteroatoms. The molecule has 1 aliphatic heterocycles. The molecule has 1 fully saturated rings. The van der Waals surface area contributed by atoms with Crippen LogP contribution in [-0.2, 0) is 0 Å². The van der Waals surface area contributed by atoms with Crippen LogP contribution in [0.5, 0.6) is 5.75 Å². The molecule has 0 aliphatic carbocycles. The van der Waals surface area contributed by atoms with Crippen molar-refractivity contribution in [1.29, 1.82) is 0 Å². The van der Waals surface area contributed by atoms with Crippen molar-refractivity contribution in [3.05, 3.63) is 29.8 Å². The van der Waals surface area contributed by atoms with Crippen LogP contribution in [0.2, 0.25) is 0 Å². The minimum Gasteiger partial charge on any atom is -0.491 e. The Morgan fingerprint density at radius 2 is 2.09 bits per heavy atom. The van der Waals surface area contributed by atoms with Gasteiger partial charge >= 0.3 is 0 Å². The largest absolute Gasteiger partial charge is 0.491 e. The van der Waals surface area contributed by atoms with E-state index in [0.717, 1.165) is 5.75 Å². The third-order valence-corrected chi connectivity index (χ3v) is 4.65. The van der Waals surface area contributed by atoms with Crippen LogP contribution in [0, 0.1) is 6.92 Å². The summed E-state index contributed by atoms with van der Waals surface area (Å²) >= 11 is 0. The van der Waals surface area contributed by atoms with E-state index < -0.39 is 6.10 Å². The maximum Gasteiger partial charge on any atom is 0.119 e. The molecule has 1 saturated heterocycles. The Morgan fingerprint density at radius 3 is 2.74 bits per heavy atom. The number of aliphatic hydroxyl groups is 1. The molecule has 0 bridgehead atoms. The molecule has 1 aromatic carbocycles. The Labute approximate surface area is 141 Å². The maximum atomic E-state index is 10.2. The van der Waals surface area contributed by atoms with E-state index in [-0.39, 0.29) is 0 Å². The molecule has 0 aromatic heterocycles. The van der Waals surface area contributed by atoms with Crippen molar-refractivity contribution in [2.45, 2.75) is 45.3 Å². The lowest BCUT2D eigenvalue weighted by atomic mass is 10.0. The average Bonchev–Trinajstić information content (AvgIpc) is 2.54. The number of hydrogen-bond acceptors (Lipinski definition) is 4. The smallest absolute Gasteiger partial charge is 0.119 e. The van der Waals surface area contributed by atoms with Crippen molar-refractivity contribution in [3.63, 3.8) is 0 Å². The van der Waals surface area contributed by atoms with Crippen molar-refractivity contribution < 1.29 is 9.84 Å². The number of benzene rings is 1. The van der Waals surface area contributed by atoms with Gasteiger partial charge < -0.3 is 19.6 Å². The zero-order valence-corrected chi connectivity index (χ0v) is 14.9. The number of aryl methyl sites for hydroxylation is 1. The van der Waals surface area contributed by atoms with Crippen molar-refractivity contribution in [1.82, 2.24) is 9.80 Å². The summed E-state index contributed by atoms with van der Waals surface area (Å²) in [4.78, 5) is 4.84. The number of ether oxygens (including phenoxy) is 1. The lowest BCUT2D eigenvalue weighted by molar-refractivity contribution is 0.0472. The van der Waals surface area contributed by atoms with Crippen LogP contribution >= 0.6 is 0 Å². The van der Waals surface area contributed by atoms with Gasteiger partial charge in [-0.25, -0.2) is 0 Å². The van der Waals surface area contributed by atoms with Gasteiger partial charge in [0.25, 0.3) is 0 Å². The zero-order chi connectivity index (χ0) is 16.7. The van der Waals surface area contributed by atoms with Gasteiger partial charge in [-0.1, -0.05) is 19.1 Å². The Morgan fingerprint density at radius 1 is 1.35 bits per heavy atom. The Hall–Kier alpha value is -1.10. The van der Waals surface area contributed by atoms with E-state index in [4.69, 9.17) is 4.74 Å². The first-order chi connectivity index (χ1) is 11.1. The molecule has 0 spiro atoms. The summed E-state index contributed by atoms with van der Waals surface area (Å²) in [6, 6.07) is 8.54. The standard InChI is InChI=1S/C19H32N2O2/c1-4-10-21-11-8-17(9-12-21)20(3)14-18(22)15-23-19-7-5-6-16(2)13-19/h5-7,13,17-18,22H,4,8-12,14-15H2,1-3H3. The second-order valence-electron chi connectivity index (χ2n) is 6.79. The van der Waals surface area contributed by atoms with Gasteiger partial charge in [0, 0.05) is 12.6 Å². The number of nitrogens with zero attached hydrogens (tertiary/aromatic N) is 2. The molecule has 1 unspecified atom stereocenters. The molecule has 1 heterocycles. The minimum absolute atomic E-state index is 0.350. The van der Waals surface area contributed by atoms with E-state index in [1.165, 1.54) is 44.5 Å². The number of likely N-dealkylation sites (N-methyl/N-ethyl adjacent to an activating group) is 1. The van der Waals surface area contributed by atoms with Crippen LogP contribution < -0.4 is 4.74 Å². The molecule has 0 amide bonds. The van der Waals surface area contributed by atoms with Gasteiger partial charge in [0.15, 0.2) is 0 Å². The van der Waals surface area contributed by atoms with Crippen LogP contribution in [0.15, 0.2) is 24.3 Å². The topological polar surface area (TPSA) is 35.9 Å². The summed E-state index contributed by atoms with van der Waals surface area (Å²) in [5.74, 6) is 0.833. The van der Waals surface area contributed by atoms with Gasteiger partial charge in [0.05, 0.1) is 0 Å². The molecule has 2 rings (SSSR count). The number of likely N-dealkylation sites (tertiary alicyclic amines) is 1. The molecule has 4 nitrogen and oxygen atoms in total. The molecule has 1 aliphatic rings. The highest BCUT2D eigenvalue weighted by atomic mass is 16.5. The monoisotopic (exact) mass is 320 g/mol. The van der Waals surface area contributed by atoms with Crippen molar-refractivity contribution >= 4 is 0 Å². The number of aliphatic hydroxyl groups excluding tert-OH is 1. The fourth-order valence-electron chi connectivity index (χ4n) is 3.33. The summed E-state index contributed by atoms with van der Waals surface area (Å²) in [7, 11) is 2.12. The molecule has 23 heavy (non-hydrogen) atoms. The molecular formula is C19H32N2O2. The van der Waals surface area contributed by atoms with Crippen LogP contribution in [0.4, 0.5) is 0 Å². The number of rotatable bonds is 8. The molecule has 0 radical (unpaired) electrons. The van der Waals surface area contributed by atoms with Crippen molar-refractivity contribution in [2.75, 3.05) is 39.8 Å². The van der Waals surface area contributed by atoms with Crippen LogP contribution in [0.3, 0.4) is 0 Å². The SMILES string of the molecule is CCCN1CCC(N(C)CC(O)COc2cccc(C)c2)CC1. The predicted octanol–water partition coefficient (Wildman–Crippen LogP) is 2.54. The normalized spacial score (nSPS) is 18.3. The van der Waals surface area contributed by atoms with Crippen LogP contribution in [-0.4, -0.2) is 66.9 Å². The molecule has 0 saturated carbocycles. The van der Waals surface area contributed by atoms with E-state index in [0.29, 0.717) is 19.2 Å². The number of piperidine rings is 1. The first-order valence-corrected chi connectivity index (χ1v) is 8.88. The lowest BCUT2D eigenvalue weighted by Crippen LogP contribution is -2.46. The van der Waals surface area contributed by atoms with E-state index >= 15 is 0 Å². The summed E-state index contributed by atoms with van der Waals surface area (Å²) in [5.41, 5.74) is 1.17.